The van der Waals surface area contributed by atoms with Gasteiger partial charge in [0.25, 0.3) is 0 Å². The first kappa shape index (κ1) is 20.7. The minimum atomic E-state index is -0.964. The van der Waals surface area contributed by atoms with E-state index in [4.69, 9.17) is 4.74 Å². The summed E-state index contributed by atoms with van der Waals surface area (Å²) in [6.45, 7) is 3.63. The van der Waals surface area contributed by atoms with Gasteiger partial charge in [0.2, 0.25) is 0 Å². The molecule has 2 heterocycles. The van der Waals surface area contributed by atoms with Crippen molar-refractivity contribution in [2.75, 3.05) is 5.32 Å². The quantitative estimate of drug-likeness (QED) is 0.384. The standard InChI is InChI=1S/C23H20FN3O3S/c1-3-18-19(20-21(27-13(2)23(28)29)25-12-26-22(20)31-18)14-5-4-6-17(11-14)30-16-9-7-15(24)8-10-16/h4-13H,3H2,1-2H3,(H,28,29)(H,25,26,27)/t13-/m1/s1. The molecule has 8 heteroatoms. The number of hydrogen-bond acceptors (Lipinski definition) is 6. The van der Waals surface area contributed by atoms with Gasteiger partial charge in [0, 0.05) is 10.4 Å². The Hall–Kier alpha value is -3.52. The van der Waals surface area contributed by atoms with Crippen molar-refractivity contribution in [3.8, 4) is 22.6 Å². The molecule has 0 aliphatic heterocycles. The van der Waals surface area contributed by atoms with Crippen molar-refractivity contribution in [2.45, 2.75) is 26.3 Å². The number of anilines is 1. The van der Waals surface area contributed by atoms with Crippen LogP contribution in [-0.2, 0) is 11.2 Å². The zero-order valence-corrected chi connectivity index (χ0v) is 17.7. The van der Waals surface area contributed by atoms with Crippen LogP contribution in [-0.4, -0.2) is 27.1 Å². The lowest BCUT2D eigenvalue weighted by Crippen LogP contribution is -2.26. The van der Waals surface area contributed by atoms with Crippen molar-refractivity contribution in [3.63, 3.8) is 0 Å². The minimum absolute atomic E-state index is 0.325. The Labute approximate surface area is 182 Å². The molecule has 4 rings (SSSR count). The largest absolute Gasteiger partial charge is 0.480 e. The summed E-state index contributed by atoms with van der Waals surface area (Å²) >= 11 is 1.56. The van der Waals surface area contributed by atoms with Crippen molar-refractivity contribution in [1.29, 1.82) is 0 Å². The van der Waals surface area contributed by atoms with Crippen LogP contribution in [0.25, 0.3) is 21.3 Å². The lowest BCUT2D eigenvalue weighted by atomic mass is 10.0. The highest BCUT2D eigenvalue weighted by atomic mass is 32.1. The molecular formula is C23H20FN3O3S. The van der Waals surface area contributed by atoms with Gasteiger partial charge >= 0.3 is 5.97 Å². The molecule has 158 valence electrons. The predicted octanol–water partition coefficient (Wildman–Crippen LogP) is 5.74. The van der Waals surface area contributed by atoms with Crippen LogP contribution in [0.2, 0.25) is 0 Å². The molecule has 0 aliphatic carbocycles. The summed E-state index contributed by atoms with van der Waals surface area (Å²) < 4.78 is 19.1. The van der Waals surface area contributed by atoms with Gasteiger partial charge in [-0.3, -0.25) is 4.79 Å². The summed E-state index contributed by atoms with van der Waals surface area (Å²) in [7, 11) is 0. The molecule has 31 heavy (non-hydrogen) atoms. The Morgan fingerprint density at radius 2 is 1.97 bits per heavy atom. The van der Waals surface area contributed by atoms with Crippen LogP contribution in [0.4, 0.5) is 10.2 Å². The monoisotopic (exact) mass is 437 g/mol. The molecule has 2 aromatic carbocycles. The van der Waals surface area contributed by atoms with E-state index >= 15 is 0 Å². The van der Waals surface area contributed by atoms with Crippen LogP contribution in [0.15, 0.2) is 54.9 Å². The average Bonchev–Trinajstić information content (AvgIpc) is 3.15. The third-order valence-electron chi connectivity index (χ3n) is 4.78. The Kier molecular flexibility index (Phi) is 5.81. The van der Waals surface area contributed by atoms with Gasteiger partial charge in [-0.2, -0.15) is 0 Å². The van der Waals surface area contributed by atoms with E-state index in [9.17, 15) is 14.3 Å². The molecule has 0 aliphatic rings. The molecule has 0 spiro atoms. The highest BCUT2D eigenvalue weighted by Crippen LogP contribution is 2.42. The van der Waals surface area contributed by atoms with E-state index in [-0.39, 0.29) is 5.82 Å². The van der Waals surface area contributed by atoms with E-state index in [0.717, 1.165) is 32.6 Å². The summed E-state index contributed by atoms with van der Waals surface area (Å²) in [6, 6.07) is 12.6. The highest BCUT2D eigenvalue weighted by Gasteiger charge is 2.21. The number of ether oxygens (including phenoxy) is 1. The van der Waals surface area contributed by atoms with Crippen molar-refractivity contribution >= 4 is 33.3 Å². The number of nitrogens with zero attached hydrogens (tertiary/aromatic N) is 2. The van der Waals surface area contributed by atoms with Crippen LogP contribution >= 0.6 is 11.3 Å². The molecular weight excluding hydrogens is 417 g/mol. The number of halogens is 1. The molecule has 1 atom stereocenters. The van der Waals surface area contributed by atoms with Crippen LogP contribution in [0.5, 0.6) is 11.5 Å². The van der Waals surface area contributed by atoms with Crippen molar-refractivity contribution in [3.05, 3.63) is 65.6 Å². The zero-order chi connectivity index (χ0) is 22.0. The summed E-state index contributed by atoms with van der Waals surface area (Å²) in [5, 5.41) is 13.1. The number of rotatable bonds is 7. The molecule has 0 saturated carbocycles. The van der Waals surface area contributed by atoms with E-state index in [2.05, 4.69) is 22.2 Å². The molecule has 4 aromatic rings. The molecule has 6 nitrogen and oxygen atoms in total. The second-order valence-electron chi connectivity index (χ2n) is 6.94. The van der Waals surface area contributed by atoms with E-state index < -0.39 is 12.0 Å². The van der Waals surface area contributed by atoms with Gasteiger partial charge in [-0.05, 0) is 55.3 Å². The molecule has 0 bridgehead atoms. The van der Waals surface area contributed by atoms with Crippen molar-refractivity contribution < 1.29 is 19.0 Å². The second-order valence-corrected chi connectivity index (χ2v) is 8.03. The van der Waals surface area contributed by atoms with E-state index in [1.165, 1.54) is 18.5 Å². The van der Waals surface area contributed by atoms with Crippen LogP contribution in [0, 0.1) is 5.82 Å². The van der Waals surface area contributed by atoms with Gasteiger partial charge in [0.1, 0.15) is 40.3 Å². The van der Waals surface area contributed by atoms with Gasteiger partial charge in [-0.15, -0.1) is 11.3 Å². The number of carboxylic acid groups (broad SMARTS) is 1. The van der Waals surface area contributed by atoms with E-state index in [0.29, 0.717) is 17.3 Å². The maximum atomic E-state index is 13.2. The maximum absolute atomic E-state index is 13.2. The first-order chi connectivity index (χ1) is 15.0. The summed E-state index contributed by atoms with van der Waals surface area (Å²) in [5.41, 5.74) is 1.86. The number of aryl methyl sites for hydroxylation is 1. The van der Waals surface area contributed by atoms with Gasteiger partial charge < -0.3 is 15.2 Å². The lowest BCUT2D eigenvalue weighted by Gasteiger charge is -2.13. The Bertz CT molecular complexity index is 1240. The number of hydrogen-bond donors (Lipinski definition) is 2. The van der Waals surface area contributed by atoms with E-state index in [1.54, 1.807) is 30.4 Å². The topological polar surface area (TPSA) is 84.3 Å². The molecule has 0 radical (unpaired) electrons. The van der Waals surface area contributed by atoms with Gasteiger partial charge in [0.05, 0.1) is 5.39 Å². The summed E-state index contributed by atoms with van der Waals surface area (Å²) in [4.78, 5) is 22.0. The molecule has 0 fully saturated rings. The molecule has 0 saturated heterocycles. The molecule has 0 unspecified atom stereocenters. The Balaban J connectivity index is 1.79. The SMILES string of the molecule is CCc1sc2ncnc(N[C@H](C)C(=O)O)c2c1-c1cccc(Oc2ccc(F)cc2)c1. The van der Waals surface area contributed by atoms with Crippen LogP contribution < -0.4 is 10.1 Å². The number of carboxylic acids is 1. The number of nitrogens with one attached hydrogen (secondary N) is 1. The van der Waals surface area contributed by atoms with Crippen LogP contribution in [0.1, 0.15) is 18.7 Å². The normalized spacial score (nSPS) is 12.0. The maximum Gasteiger partial charge on any atom is 0.325 e. The average molecular weight is 437 g/mol. The first-order valence-electron chi connectivity index (χ1n) is 9.75. The van der Waals surface area contributed by atoms with Gasteiger partial charge in [-0.25, -0.2) is 14.4 Å². The van der Waals surface area contributed by atoms with Crippen molar-refractivity contribution in [1.82, 2.24) is 9.97 Å². The number of carbonyl (C=O) groups is 1. The molecule has 2 aromatic heterocycles. The van der Waals surface area contributed by atoms with E-state index in [1.807, 2.05) is 24.3 Å². The fourth-order valence-electron chi connectivity index (χ4n) is 3.26. The fraction of sp³-hybridized carbons (Fsp3) is 0.174. The summed E-state index contributed by atoms with van der Waals surface area (Å²) in [5.74, 6) is 0.333. The lowest BCUT2D eigenvalue weighted by molar-refractivity contribution is -0.137. The number of fused-ring (bicyclic) bond motifs is 1. The van der Waals surface area contributed by atoms with Crippen LogP contribution in [0.3, 0.4) is 0 Å². The number of aliphatic carboxylic acids is 1. The second kappa shape index (κ2) is 8.69. The Morgan fingerprint density at radius 1 is 1.19 bits per heavy atom. The fourth-order valence-corrected chi connectivity index (χ4v) is 4.36. The molecule has 0 amide bonds. The van der Waals surface area contributed by atoms with Crippen molar-refractivity contribution in [2.24, 2.45) is 0 Å². The predicted molar refractivity (Wildman–Crippen MR) is 119 cm³/mol. The van der Waals surface area contributed by atoms with Gasteiger partial charge in [0.15, 0.2) is 0 Å². The number of thiophene rings is 1. The number of benzene rings is 2. The smallest absolute Gasteiger partial charge is 0.325 e. The van der Waals surface area contributed by atoms with Gasteiger partial charge in [-0.1, -0.05) is 19.1 Å². The third kappa shape index (κ3) is 4.34. The molecule has 2 N–H and O–H groups in total. The zero-order valence-electron chi connectivity index (χ0n) is 16.9. The third-order valence-corrected chi connectivity index (χ3v) is 6.02. The first-order valence-corrected chi connectivity index (χ1v) is 10.6. The summed E-state index contributed by atoms with van der Waals surface area (Å²) in [6.07, 6.45) is 2.22. The number of aromatic nitrogens is 2. The highest BCUT2D eigenvalue weighted by molar-refractivity contribution is 7.19. The Morgan fingerprint density at radius 3 is 2.68 bits per heavy atom. The minimum Gasteiger partial charge on any atom is -0.480 e.